The molecule has 7 heteroatoms. The van der Waals surface area contributed by atoms with Crippen LogP contribution in [0.5, 0.6) is 0 Å². The van der Waals surface area contributed by atoms with Crippen LogP contribution in [0.3, 0.4) is 0 Å². The number of nitrogens with two attached hydrogens (primary N) is 1. The maximum absolute atomic E-state index is 11.6. The Labute approximate surface area is 189 Å². The topological polar surface area (TPSA) is 97.0 Å². The third-order valence-electron chi connectivity index (χ3n) is 6.07. The third-order valence-corrected chi connectivity index (χ3v) is 6.07. The average molecular weight is 431 g/mol. The van der Waals surface area contributed by atoms with Crippen LogP contribution < -0.4 is 11.1 Å². The molecule has 1 aromatic carbocycles. The molecule has 166 valence electrons. The summed E-state index contributed by atoms with van der Waals surface area (Å²) in [5.74, 6) is 1.29. The lowest BCUT2D eigenvalue weighted by atomic mass is 9.97. The van der Waals surface area contributed by atoms with Crippen molar-refractivity contribution in [1.29, 1.82) is 0 Å². The summed E-state index contributed by atoms with van der Waals surface area (Å²) in [6.45, 7) is 7.28. The number of hydrogen-bond acceptors (Lipinski definition) is 6. The van der Waals surface area contributed by atoms with Gasteiger partial charge in [0.25, 0.3) is 0 Å². The van der Waals surface area contributed by atoms with Gasteiger partial charge in [0.2, 0.25) is 5.91 Å². The molecular weight excluding hydrogens is 400 g/mol. The van der Waals surface area contributed by atoms with Crippen LogP contribution in [0.1, 0.15) is 35.2 Å². The van der Waals surface area contributed by atoms with Gasteiger partial charge in [0.15, 0.2) is 5.82 Å². The number of likely N-dealkylation sites (tertiary alicyclic amines) is 1. The van der Waals surface area contributed by atoms with E-state index in [-0.39, 0.29) is 11.8 Å². The molecule has 3 N–H and O–H groups in total. The van der Waals surface area contributed by atoms with Gasteiger partial charge in [-0.25, -0.2) is 9.97 Å². The molecule has 2 aromatic heterocycles. The Morgan fingerprint density at radius 2 is 2.03 bits per heavy atom. The van der Waals surface area contributed by atoms with Gasteiger partial charge >= 0.3 is 0 Å². The number of nitrogens with one attached hydrogen (secondary N) is 1. The maximum Gasteiger partial charge on any atom is 0.221 e. The zero-order valence-electron chi connectivity index (χ0n) is 18.7. The standard InChI is InChI=1S/C25H30N6O/c1-17-18(2)29-25(21-8-4-10-27-14-21)30-24(17)28-13-19-6-3-7-20(12-19)15-31-11-5-9-22(16-31)23(26)32/h3-4,6-8,10,12,14,22H,5,9,11,13,15-16H2,1-2H3,(H2,26,32)(H,28,29,30). The van der Waals surface area contributed by atoms with Crippen molar-refractivity contribution < 1.29 is 4.79 Å². The Hall–Kier alpha value is -3.32. The molecule has 0 aliphatic carbocycles. The molecule has 3 aromatic rings. The number of aromatic nitrogens is 3. The number of benzene rings is 1. The molecule has 4 rings (SSSR count). The first kappa shape index (κ1) is 21.9. The first-order valence-electron chi connectivity index (χ1n) is 11.1. The number of carbonyl (C=O) groups excluding carboxylic acids is 1. The molecule has 1 saturated heterocycles. The highest BCUT2D eigenvalue weighted by Crippen LogP contribution is 2.22. The number of carbonyl (C=O) groups is 1. The Bertz CT molecular complexity index is 1090. The fourth-order valence-electron chi connectivity index (χ4n) is 4.14. The zero-order chi connectivity index (χ0) is 22.5. The van der Waals surface area contributed by atoms with E-state index in [9.17, 15) is 4.79 Å². The number of rotatable bonds is 7. The number of aryl methyl sites for hydroxylation is 1. The summed E-state index contributed by atoms with van der Waals surface area (Å²) in [6, 6.07) is 12.4. The monoisotopic (exact) mass is 430 g/mol. The van der Waals surface area contributed by atoms with E-state index < -0.39 is 0 Å². The molecule has 1 atom stereocenters. The number of hydrogen-bond donors (Lipinski definition) is 2. The molecule has 1 fully saturated rings. The van der Waals surface area contributed by atoms with Gasteiger partial charge in [-0.05, 0) is 56.5 Å². The van der Waals surface area contributed by atoms with Crippen molar-refractivity contribution in [3.63, 3.8) is 0 Å². The van der Waals surface area contributed by atoms with Gasteiger partial charge < -0.3 is 11.1 Å². The van der Waals surface area contributed by atoms with Crippen molar-refractivity contribution in [3.05, 3.63) is 71.2 Å². The Balaban J connectivity index is 1.44. The van der Waals surface area contributed by atoms with Crippen molar-refractivity contribution >= 4 is 11.7 Å². The van der Waals surface area contributed by atoms with Crippen molar-refractivity contribution in [1.82, 2.24) is 19.9 Å². The second kappa shape index (κ2) is 9.87. The molecular formula is C25H30N6O. The zero-order valence-corrected chi connectivity index (χ0v) is 18.7. The summed E-state index contributed by atoms with van der Waals surface area (Å²) in [7, 11) is 0. The molecule has 1 aliphatic heterocycles. The molecule has 1 amide bonds. The molecule has 7 nitrogen and oxygen atoms in total. The van der Waals surface area contributed by atoms with E-state index >= 15 is 0 Å². The molecule has 0 spiro atoms. The van der Waals surface area contributed by atoms with Crippen LogP contribution >= 0.6 is 0 Å². The molecule has 1 unspecified atom stereocenters. The van der Waals surface area contributed by atoms with Crippen LogP contribution in [-0.2, 0) is 17.9 Å². The Kier molecular flexibility index (Phi) is 6.75. The number of pyridine rings is 1. The molecule has 0 radical (unpaired) electrons. The molecule has 3 heterocycles. The van der Waals surface area contributed by atoms with Crippen molar-refractivity contribution in [2.24, 2.45) is 11.7 Å². The van der Waals surface area contributed by atoms with E-state index in [0.29, 0.717) is 12.4 Å². The minimum Gasteiger partial charge on any atom is -0.369 e. The summed E-state index contributed by atoms with van der Waals surface area (Å²) in [5, 5.41) is 3.49. The summed E-state index contributed by atoms with van der Waals surface area (Å²) in [5.41, 5.74) is 10.8. The highest BCUT2D eigenvalue weighted by atomic mass is 16.1. The molecule has 1 aliphatic rings. The van der Waals surface area contributed by atoms with Crippen LogP contribution in [0.2, 0.25) is 0 Å². The molecule has 32 heavy (non-hydrogen) atoms. The highest BCUT2D eigenvalue weighted by Gasteiger charge is 2.23. The van der Waals surface area contributed by atoms with E-state index in [0.717, 1.165) is 55.1 Å². The maximum atomic E-state index is 11.6. The van der Waals surface area contributed by atoms with E-state index in [1.807, 2.05) is 26.0 Å². The Morgan fingerprint density at radius 3 is 2.81 bits per heavy atom. The van der Waals surface area contributed by atoms with Gasteiger partial charge in [-0.2, -0.15) is 0 Å². The summed E-state index contributed by atoms with van der Waals surface area (Å²) in [4.78, 5) is 27.4. The molecule has 0 saturated carbocycles. The lowest BCUT2D eigenvalue weighted by molar-refractivity contribution is -0.123. The van der Waals surface area contributed by atoms with Crippen LogP contribution in [0.4, 0.5) is 5.82 Å². The number of primary amides is 1. The minimum absolute atomic E-state index is 0.0356. The fraction of sp³-hybridized carbons (Fsp3) is 0.360. The predicted octanol–water partition coefficient (Wildman–Crippen LogP) is 3.46. The summed E-state index contributed by atoms with van der Waals surface area (Å²) in [6.07, 6.45) is 5.43. The van der Waals surface area contributed by atoms with Gasteiger partial charge in [0.05, 0.1) is 5.92 Å². The van der Waals surface area contributed by atoms with Crippen LogP contribution in [0.15, 0.2) is 48.8 Å². The number of amides is 1. The average Bonchev–Trinajstić information content (AvgIpc) is 2.81. The van der Waals surface area contributed by atoms with Crippen molar-refractivity contribution in [2.75, 3.05) is 18.4 Å². The van der Waals surface area contributed by atoms with E-state index in [4.69, 9.17) is 10.7 Å². The normalized spacial score (nSPS) is 16.6. The van der Waals surface area contributed by atoms with Gasteiger partial charge in [-0.3, -0.25) is 14.7 Å². The quantitative estimate of drug-likeness (QED) is 0.596. The van der Waals surface area contributed by atoms with Crippen LogP contribution in [-0.4, -0.2) is 38.8 Å². The van der Waals surface area contributed by atoms with E-state index in [1.165, 1.54) is 11.1 Å². The smallest absolute Gasteiger partial charge is 0.221 e. The lowest BCUT2D eigenvalue weighted by Crippen LogP contribution is -2.40. The lowest BCUT2D eigenvalue weighted by Gasteiger charge is -2.31. The van der Waals surface area contributed by atoms with Crippen LogP contribution in [0, 0.1) is 19.8 Å². The fourth-order valence-corrected chi connectivity index (χ4v) is 4.14. The summed E-state index contributed by atoms with van der Waals surface area (Å²) >= 11 is 0. The van der Waals surface area contributed by atoms with Gasteiger partial charge in [0.1, 0.15) is 5.82 Å². The highest BCUT2D eigenvalue weighted by molar-refractivity contribution is 5.76. The number of piperidine rings is 1. The van der Waals surface area contributed by atoms with Gasteiger partial charge in [-0.15, -0.1) is 0 Å². The largest absolute Gasteiger partial charge is 0.369 e. The SMILES string of the molecule is Cc1nc(-c2cccnc2)nc(NCc2cccc(CN3CCCC(C(N)=O)C3)c2)c1C. The first-order chi connectivity index (χ1) is 15.5. The second-order valence-electron chi connectivity index (χ2n) is 8.50. The Morgan fingerprint density at radius 1 is 1.19 bits per heavy atom. The summed E-state index contributed by atoms with van der Waals surface area (Å²) < 4.78 is 0. The third kappa shape index (κ3) is 5.29. The molecule has 0 bridgehead atoms. The van der Waals surface area contributed by atoms with E-state index in [2.05, 4.69) is 44.5 Å². The number of nitrogens with zero attached hydrogens (tertiary/aromatic N) is 4. The van der Waals surface area contributed by atoms with Gasteiger partial charge in [0, 0.05) is 48.8 Å². The predicted molar refractivity (Wildman–Crippen MR) is 126 cm³/mol. The van der Waals surface area contributed by atoms with Crippen molar-refractivity contribution in [3.8, 4) is 11.4 Å². The second-order valence-corrected chi connectivity index (χ2v) is 8.50. The van der Waals surface area contributed by atoms with Crippen LogP contribution in [0.25, 0.3) is 11.4 Å². The van der Waals surface area contributed by atoms with Crippen molar-refractivity contribution in [2.45, 2.75) is 39.8 Å². The first-order valence-corrected chi connectivity index (χ1v) is 11.1. The minimum atomic E-state index is -0.186. The number of anilines is 1. The van der Waals surface area contributed by atoms with E-state index in [1.54, 1.807) is 12.4 Å². The van der Waals surface area contributed by atoms with Gasteiger partial charge in [-0.1, -0.05) is 24.3 Å².